The van der Waals surface area contributed by atoms with E-state index < -0.39 is 0 Å². The SMILES string of the molecule is O=C1NC(CO)CC12CC2. The van der Waals surface area contributed by atoms with Gasteiger partial charge in [0.1, 0.15) is 0 Å². The smallest absolute Gasteiger partial charge is 0.226 e. The number of carbonyl (C=O) groups is 1. The van der Waals surface area contributed by atoms with Gasteiger partial charge in [-0.3, -0.25) is 4.79 Å². The lowest BCUT2D eigenvalue weighted by molar-refractivity contribution is -0.123. The van der Waals surface area contributed by atoms with Gasteiger partial charge in [-0.1, -0.05) is 0 Å². The Morgan fingerprint density at radius 1 is 1.70 bits per heavy atom. The fourth-order valence-electron chi connectivity index (χ4n) is 1.65. The Bertz CT molecular complexity index is 174. The summed E-state index contributed by atoms with van der Waals surface area (Å²) in [6.45, 7) is 0.0908. The van der Waals surface area contributed by atoms with Crippen LogP contribution in [-0.4, -0.2) is 23.7 Å². The van der Waals surface area contributed by atoms with Crippen LogP contribution in [0.15, 0.2) is 0 Å². The molecule has 2 N–H and O–H groups in total. The highest BCUT2D eigenvalue weighted by Crippen LogP contribution is 2.52. The van der Waals surface area contributed by atoms with E-state index in [1.807, 2.05) is 0 Å². The maximum atomic E-state index is 11.1. The molecule has 1 unspecified atom stereocenters. The number of aliphatic hydroxyl groups excluding tert-OH is 1. The van der Waals surface area contributed by atoms with Crippen LogP contribution < -0.4 is 5.32 Å². The number of amides is 1. The Balaban J connectivity index is 2.08. The van der Waals surface area contributed by atoms with Crippen LogP contribution in [0.4, 0.5) is 0 Å². The standard InChI is InChI=1S/C7H11NO2/c9-4-5-3-7(1-2-7)6(10)8-5/h5,9H,1-4H2,(H,8,10). The van der Waals surface area contributed by atoms with Crippen molar-refractivity contribution in [3.63, 3.8) is 0 Å². The summed E-state index contributed by atoms with van der Waals surface area (Å²) < 4.78 is 0. The molecule has 3 nitrogen and oxygen atoms in total. The third-order valence-corrected chi connectivity index (χ3v) is 2.53. The Morgan fingerprint density at radius 2 is 2.40 bits per heavy atom. The zero-order chi connectivity index (χ0) is 7.19. The van der Waals surface area contributed by atoms with Crippen LogP contribution in [0.3, 0.4) is 0 Å². The minimum Gasteiger partial charge on any atom is -0.394 e. The lowest BCUT2D eigenvalue weighted by Gasteiger charge is -2.02. The lowest BCUT2D eigenvalue weighted by atomic mass is 10.0. The van der Waals surface area contributed by atoms with E-state index in [9.17, 15) is 4.79 Å². The molecule has 1 saturated heterocycles. The minimum atomic E-state index is -0.0343. The Labute approximate surface area is 59.4 Å². The number of aliphatic hydroxyl groups is 1. The molecule has 0 aromatic heterocycles. The van der Waals surface area contributed by atoms with Gasteiger partial charge in [-0.2, -0.15) is 0 Å². The molecule has 2 rings (SSSR count). The Hall–Kier alpha value is -0.570. The molecule has 1 amide bonds. The van der Waals surface area contributed by atoms with Gasteiger partial charge in [0.25, 0.3) is 0 Å². The number of hydrogen-bond donors (Lipinski definition) is 2. The molecule has 0 aromatic carbocycles. The predicted octanol–water partition coefficient (Wildman–Crippen LogP) is -0.353. The van der Waals surface area contributed by atoms with Crippen molar-refractivity contribution in [3.05, 3.63) is 0 Å². The van der Waals surface area contributed by atoms with E-state index >= 15 is 0 Å². The zero-order valence-corrected chi connectivity index (χ0v) is 5.76. The van der Waals surface area contributed by atoms with Crippen LogP contribution in [0, 0.1) is 5.41 Å². The molecule has 1 aliphatic carbocycles. The van der Waals surface area contributed by atoms with Crippen LogP contribution in [-0.2, 0) is 4.79 Å². The molecule has 0 radical (unpaired) electrons. The molecule has 2 fully saturated rings. The molecule has 56 valence electrons. The van der Waals surface area contributed by atoms with E-state index in [0.29, 0.717) is 0 Å². The topological polar surface area (TPSA) is 49.3 Å². The van der Waals surface area contributed by atoms with Gasteiger partial charge in [-0.05, 0) is 19.3 Å². The first-order valence-electron chi connectivity index (χ1n) is 3.69. The molecule has 10 heavy (non-hydrogen) atoms. The first kappa shape index (κ1) is 6.16. The second-order valence-electron chi connectivity index (χ2n) is 3.34. The Kier molecular flexibility index (Phi) is 1.06. The van der Waals surface area contributed by atoms with Gasteiger partial charge in [-0.25, -0.2) is 0 Å². The summed E-state index contributed by atoms with van der Waals surface area (Å²) in [4.78, 5) is 11.1. The van der Waals surface area contributed by atoms with Crippen LogP contribution >= 0.6 is 0 Å². The number of hydrogen-bond acceptors (Lipinski definition) is 2. The summed E-state index contributed by atoms with van der Waals surface area (Å²) in [6.07, 6.45) is 2.90. The number of rotatable bonds is 1. The minimum absolute atomic E-state index is 0.0343. The van der Waals surface area contributed by atoms with Gasteiger partial charge < -0.3 is 10.4 Å². The van der Waals surface area contributed by atoms with Gasteiger partial charge >= 0.3 is 0 Å². The summed E-state index contributed by atoms with van der Waals surface area (Å²) >= 11 is 0. The molecule has 2 aliphatic rings. The van der Waals surface area contributed by atoms with E-state index in [-0.39, 0.29) is 24.0 Å². The third-order valence-electron chi connectivity index (χ3n) is 2.53. The summed E-state index contributed by atoms with van der Waals surface area (Å²) in [6, 6.07) is 0.0370. The van der Waals surface area contributed by atoms with Gasteiger partial charge in [0.15, 0.2) is 0 Å². The fourth-order valence-corrected chi connectivity index (χ4v) is 1.65. The van der Waals surface area contributed by atoms with Crippen molar-refractivity contribution in [2.24, 2.45) is 5.41 Å². The van der Waals surface area contributed by atoms with Gasteiger partial charge in [0, 0.05) is 0 Å². The quantitative estimate of drug-likeness (QED) is 0.524. The molecule has 1 saturated carbocycles. The first-order chi connectivity index (χ1) is 4.77. The van der Waals surface area contributed by atoms with E-state index in [4.69, 9.17) is 5.11 Å². The molecule has 1 atom stereocenters. The zero-order valence-electron chi connectivity index (χ0n) is 5.76. The maximum absolute atomic E-state index is 11.1. The maximum Gasteiger partial charge on any atom is 0.226 e. The molecular weight excluding hydrogens is 130 g/mol. The van der Waals surface area contributed by atoms with Gasteiger partial charge in [0.05, 0.1) is 18.1 Å². The molecular formula is C7H11NO2. The van der Waals surface area contributed by atoms with Crippen molar-refractivity contribution in [2.45, 2.75) is 25.3 Å². The van der Waals surface area contributed by atoms with Crippen molar-refractivity contribution in [1.29, 1.82) is 0 Å². The van der Waals surface area contributed by atoms with Crippen LogP contribution in [0.5, 0.6) is 0 Å². The molecule has 0 bridgehead atoms. The largest absolute Gasteiger partial charge is 0.394 e. The van der Waals surface area contributed by atoms with Gasteiger partial charge in [0.2, 0.25) is 5.91 Å². The highest BCUT2D eigenvalue weighted by atomic mass is 16.3. The highest BCUT2D eigenvalue weighted by molar-refractivity contribution is 5.87. The van der Waals surface area contributed by atoms with E-state index in [0.717, 1.165) is 19.3 Å². The molecule has 1 aliphatic heterocycles. The number of carbonyl (C=O) groups excluding carboxylic acids is 1. The van der Waals surface area contributed by atoms with Crippen LogP contribution in [0.2, 0.25) is 0 Å². The predicted molar refractivity (Wildman–Crippen MR) is 35.3 cm³/mol. The highest BCUT2D eigenvalue weighted by Gasteiger charge is 2.55. The summed E-state index contributed by atoms with van der Waals surface area (Å²) in [5.74, 6) is 0.159. The van der Waals surface area contributed by atoms with Crippen molar-refractivity contribution < 1.29 is 9.90 Å². The second-order valence-corrected chi connectivity index (χ2v) is 3.34. The average Bonchev–Trinajstić information content (AvgIpc) is 2.60. The number of nitrogens with one attached hydrogen (secondary N) is 1. The van der Waals surface area contributed by atoms with Crippen LogP contribution in [0.25, 0.3) is 0 Å². The average molecular weight is 141 g/mol. The first-order valence-corrected chi connectivity index (χ1v) is 3.69. The van der Waals surface area contributed by atoms with Crippen molar-refractivity contribution in [1.82, 2.24) is 5.32 Å². The Morgan fingerprint density at radius 3 is 2.70 bits per heavy atom. The molecule has 0 aromatic rings. The van der Waals surface area contributed by atoms with E-state index in [1.54, 1.807) is 0 Å². The monoisotopic (exact) mass is 141 g/mol. The second kappa shape index (κ2) is 1.72. The molecule has 1 spiro atoms. The van der Waals surface area contributed by atoms with Crippen molar-refractivity contribution >= 4 is 5.91 Å². The summed E-state index contributed by atoms with van der Waals surface area (Å²) in [5, 5.41) is 11.5. The van der Waals surface area contributed by atoms with Crippen LogP contribution in [0.1, 0.15) is 19.3 Å². The van der Waals surface area contributed by atoms with E-state index in [1.165, 1.54) is 0 Å². The lowest BCUT2D eigenvalue weighted by Crippen LogP contribution is -2.29. The molecule has 3 heteroatoms. The third kappa shape index (κ3) is 0.669. The fraction of sp³-hybridized carbons (Fsp3) is 0.857. The van der Waals surface area contributed by atoms with E-state index in [2.05, 4.69) is 5.32 Å². The van der Waals surface area contributed by atoms with Gasteiger partial charge in [-0.15, -0.1) is 0 Å². The summed E-state index contributed by atoms with van der Waals surface area (Å²) in [5.41, 5.74) is -0.0343. The molecule has 1 heterocycles. The summed E-state index contributed by atoms with van der Waals surface area (Å²) in [7, 11) is 0. The van der Waals surface area contributed by atoms with Crippen molar-refractivity contribution in [2.75, 3.05) is 6.61 Å². The normalized spacial score (nSPS) is 34.5. The van der Waals surface area contributed by atoms with Crippen molar-refractivity contribution in [3.8, 4) is 0 Å².